The summed E-state index contributed by atoms with van der Waals surface area (Å²) < 4.78 is 0. The van der Waals surface area contributed by atoms with Crippen molar-refractivity contribution >= 4 is 57.6 Å². The third kappa shape index (κ3) is 3.14. The number of rotatable bonds is 3. The first kappa shape index (κ1) is 15.0. The SMILES string of the molecule is Clc1ccc(C=NNc2nnc(Cl)c3ccccc23)c(Cl)c1. The lowest BCUT2D eigenvalue weighted by molar-refractivity contribution is 1.04. The number of hydrogen-bond acceptors (Lipinski definition) is 4. The van der Waals surface area contributed by atoms with E-state index in [1.165, 1.54) is 0 Å². The van der Waals surface area contributed by atoms with Crippen molar-refractivity contribution in [1.29, 1.82) is 0 Å². The van der Waals surface area contributed by atoms with Gasteiger partial charge in [0.1, 0.15) is 0 Å². The fraction of sp³-hybridized carbons (Fsp3) is 0. The summed E-state index contributed by atoms with van der Waals surface area (Å²) in [7, 11) is 0. The van der Waals surface area contributed by atoms with Gasteiger partial charge < -0.3 is 0 Å². The molecule has 0 atom stereocenters. The number of benzene rings is 2. The zero-order chi connectivity index (χ0) is 15.5. The van der Waals surface area contributed by atoms with Crippen molar-refractivity contribution in [3.63, 3.8) is 0 Å². The average Bonchev–Trinajstić information content (AvgIpc) is 2.52. The molecule has 0 amide bonds. The summed E-state index contributed by atoms with van der Waals surface area (Å²) in [5.41, 5.74) is 3.59. The first-order valence-corrected chi connectivity index (χ1v) is 7.43. The molecule has 4 nitrogen and oxygen atoms in total. The van der Waals surface area contributed by atoms with Crippen LogP contribution in [0.1, 0.15) is 5.56 Å². The van der Waals surface area contributed by atoms with Crippen LogP contribution in [0.2, 0.25) is 15.2 Å². The van der Waals surface area contributed by atoms with E-state index < -0.39 is 0 Å². The van der Waals surface area contributed by atoms with Gasteiger partial charge in [-0.2, -0.15) is 5.10 Å². The van der Waals surface area contributed by atoms with Gasteiger partial charge in [0, 0.05) is 21.4 Å². The molecule has 3 aromatic rings. The first-order chi connectivity index (χ1) is 10.6. The number of halogens is 3. The Balaban J connectivity index is 1.88. The van der Waals surface area contributed by atoms with Crippen LogP contribution in [0.3, 0.4) is 0 Å². The second kappa shape index (κ2) is 6.48. The van der Waals surface area contributed by atoms with Gasteiger partial charge in [-0.3, -0.25) is 5.43 Å². The molecular weight excluding hydrogens is 343 g/mol. The molecule has 0 saturated carbocycles. The van der Waals surface area contributed by atoms with Crippen LogP contribution in [0.25, 0.3) is 10.8 Å². The minimum absolute atomic E-state index is 0.353. The smallest absolute Gasteiger partial charge is 0.176 e. The van der Waals surface area contributed by atoms with E-state index in [1.54, 1.807) is 24.4 Å². The molecule has 0 unspecified atom stereocenters. The Morgan fingerprint density at radius 1 is 0.955 bits per heavy atom. The van der Waals surface area contributed by atoms with Crippen LogP contribution in [0.4, 0.5) is 5.82 Å². The van der Waals surface area contributed by atoms with E-state index in [-0.39, 0.29) is 0 Å². The summed E-state index contributed by atoms with van der Waals surface area (Å²) in [5, 5.41) is 15.1. The summed E-state index contributed by atoms with van der Waals surface area (Å²) >= 11 is 18.0. The molecule has 3 rings (SSSR count). The summed E-state index contributed by atoms with van der Waals surface area (Å²) in [6, 6.07) is 12.7. The normalized spacial score (nSPS) is 11.2. The predicted octanol–water partition coefficient (Wildman–Crippen LogP) is 5.04. The van der Waals surface area contributed by atoms with Crippen molar-refractivity contribution in [3.8, 4) is 0 Å². The summed E-state index contributed by atoms with van der Waals surface area (Å²) in [6.07, 6.45) is 1.59. The number of nitrogens with one attached hydrogen (secondary N) is 1. The van der Waals surface area contributed by atoms with Crippen molar-refractivity contribution in [2.24, 2.45) is 5.10 Å². The highest BCUT2D eigenvalue weighted by atomic mass is 35.5. The highest BCUT2D eigenvalue weighted by Gasteiger charge is 2.06. The lowest BCUT2D eigenvalue weighted by Gasteiger charge is -2.05. The second-order valence-electron chi connectivity index (χ2n) is 4.42. The lowest BCUT2D eigenvalue weighted by atomic mass is 10.2. The van der Waals surface area contributed by atoms with Crippen LogP contribution in [0.15, 0.2) is 47.6 Å². The number of hydrogen-bond donors (Lipinski definition) is 1. The van der Waals surface area contributed by atoms with Crippen molar-refractivity contribution < 1.29 is 0 Å². The van der Waals surface area contributed by atoms with Gasteiger partial charge in [-0.05, 0) is 12.1 Å². The molecule has 0 radical (unpaired) electrons. The molecule has 0 bridgehead atoms. The molecule has 1 aromatic heterocycles. The van der Waals surface area contributed by atoms with Gasteiger partial charge in [0.05, 0.1) is 11.2 Å². The first-order valence-electron chi connectivity index (χ1n) is 6.30. The van der Waals surface area contributed by atoms with Gasteiger partial charge in [-0.1, -0.05) is 65.1 Å². The van der Waals surface area contributed by atoms with E-state index in [4.69, 9.17) is 34.8 Å². The van der Waals surface area contributed by atoms with Gasteiger partial charge in [0.25, 0.3) is 0 Å². The third-order valence-electron chi connectivity index (χ3n) is 2.98. The number of nitrogens with zero attached hydrogens (tertiary/aromatic N) is 3. The van der Waals surface area contributed by atoms with Crippen LogP contribution >= 0.6 is 34.8 Å². The van der Waals surface area contributed by atoms with Gasteiger partial charge in [0.2, 0.25) is 0 Å². The maximum Gasteiger partial charge on any atom is 0.176 e. The Hall–Kier alpha value is -1.88. The lowest BCUT2D eigenvalue weighted by Crippen LogP contribution is -1.97. The Kier molecular flexibility index (Phi) is 4.43. The zero-order valence-corrected chi connectivity index (χ0v) is 13.4. The monoisotopic (exact) mass is 350 g/mol. The number of fused-ring (bicyclic) bond motifs is 1. The Labute approximate surface area is 141 Å². The maximum atomic E-state index is 6.08. The fourth-order valence-corrected chi connectivity index (χ4v) is 2.58. The number of aromatic nitrogens is 2. The molecule has 0 aliphatic rings. The molecule has 1 heterocycles. The van der Waals surface area contributed by atoms with Crippen LogP contribution in [-0.4, -0.2) is 16.4 Å². The molecule has 110 valence electrons. The maximum absolute atomic E-state index is 6.08. The molecule has 0 aliphatic carbocycles. The largest absolute Gasteiger partial charge is 0.259 e. The molecule has 22 heavy (non-hydrogen) atoms. The van der Waals surface area contributed by atoms with Crippen LogP contribution in [0.5, 0.6) is 0 Å². The molecule has 0 fully saturated rings. The van der Waals surface area contributed by atoms with Crippen molar-refractivity contribution in [3.05, 3.63) is 63.2 Å². The highest BCUT2D eigenvalue weighted by molar-refractivity contribution is 6.36. The molecule has 7 heteroatoms. The van der Waals surface area contributed by atoms with E-state index in [2.05, 4.69) is 20.7 Å². The minimum Gasteiger partial charge on any atom is -0.259 e. The standard InChI is InChI=1S/C15H9Cl3N4/c16-10-6-5-9(13(17)7-10)8-19-21-15-12-4-2-1-3-11(12)14(18)20-22-15/h1-8H,(H,21,22). The topological polar surface area (TPSA) is 50.2 Å². The van der Waals surface area contributed by atoms with Gasteiger partial charge in [0.15, 0.2) is 11.0 Å². The minimum atomic E-state index is 0.353. The zero-order valence-electron chi connectivity index (χ0n) is 11.1. The number of anilines is 1. The summed E-state index contributed by atoms with van der Waals surface area (Å²) in [4.78, 5) is 0. The van der Waals surface area contributed by atoms with Crippen LogP contribution < -0.4 is 5.43 Å². The summed E-state index contributed by atoms with van der Waals surface area (Å²) in [6.45, 7) is 0. The van der Waals surface area contributed by atoms with Crippen molar-refractivity contribution in [1.82, 2.24) is 10.2 Å². The van der Waals surface area contributed by atoms with Crippen molar-refractivity contribution in [2.45, 2.75) is 0 Å². The summed E-state index contributed by atoms with van der Waals surface area (Å²) in [5.74, 6) is 0.515. The Bertz CT molecular complexity index is 865. The second-order valence-corrected chi connectivity index (χ2v) is 5.62. The van der Waals surface area contributed by atoms with Crippen molar-refractivity contribution in [2.75, 3.05) is 5.43 Å². The molecule has 0 aliphatic heterocycles. The van der Waals surface area contributed by atoms with E-state index >= 15 is 0 Å². The number of hydrazone groups is 1. The third-order valence-corrected chi connectivity index (χ3v) is 3.82. The van der Waals surface area contributed by atoms with Crippen LogP contribution in [-0.2, 0) is 0 Å². The van der Waals surface area contributed by atoms with Gasteiger partial charge in [-0.25, -0.2) is 0 Å². The molecule has 0 saturated heterocycles. The molecular formula is C15H9Cl3N4. The van der Waals surface area contributed by atoms with E-state index in [0.717, 1.165) is 16.3 Å². The van der Waals surface area contributed by atoms with Gasteiger partial charge in [-0.15, -0.1) is 10.2 Å². The molecule has 1 N–H and O–H groups in total. The van der Waals surface area contributed by atoms with E-state index in [1.807, 2.05) is 24.3 Å². The van der Waals surface area contributed by atoms with Crippen LogP contribution in [0, 0.1) is 0 Å². The van der Waals surface area contributed by atoms with Gasteiger partial charge >= 0.3 is 0 Å². The van der Waals surface area contributed by atoms with E-state index in [9.17, 15) is 0 Å². The van der Waals surface area contributed by atoms with E-state index in [0.29, 0.717) is 21.0 Å². The molecule has 2 aromatic carbocycles. The average molecular weight is 352 g/mol. The Morgan fingerprint density at radius 2 is 1.73 bits per heavy atom. The quantitative estimate of drug-likeness (QED) is 0.531. The Morgan fingerprint density at radius 3 is 2.50 bits per heavy atom. The molecule has 0 spiro atoms. The highest BCUT2D eigenvalue weighted by Crippen LogP contribution is 2.25. The predicted molar refractivity (Wildman–Crippen MR) is 92.2 cm³/mol. The fourth-order valence-electron chi connectivity index (χ4n) is 1.92.